The van der Waals surface area contributed by atoms with Crippen LogP contribution in [0, 0.1) is 6.92 Å². The molecule has 2 nitrogen and oxygen atoms in total. The van der Waals surface area contributed by atoms with Crippen molar-refractivity contribution in [2.24, 2.45) is 0 Å². The van der Waals surface area contributed by atoms with E-state index in [4.69, 9.17) is 0 Å². The predicted molar refractivity (Wildman–Crippen MR) is 80.0 cm³/mol. The highest BCUT2D eigenvalue weighted by Crippen LogP contribution is 2.14. The standard InChI is InChI=1S/C17H22N2/c1-13(2)16-7-5-15(6-8-16)11-18-12-17-9-4-14(3)10-19-17/h4-10,13,18H,11-12H2,1-3H3. The maximum atomic E-state index is 4.38. The number of aryl methyl sites for hydroxylation is 1. The molecule has 0 saturated carbocycles. The zero-order valence-corrected chi connectivity index (χ0v) is 12.0. The molecular weight excluding hydrogens is 232 g/mol. The molecule has 1 aromatic carbocycles. The number of hydrogen-bond donors (Lipinski definition) is 1. The molecule has 0 aliphatic heterocycles. The highest BCUT2D eigenvalue weighted by Gasteiger charge is 1.99. The van der Waals surface area contributed by atoms with Gasteiger partial charge in [0.15, 0.2) is 0 Å². The predicted octanol–water partition coefficient (Wildman–Crippen LogP) is 3.80. The summed E-state index contributed by atoms with van der Waals surface area (Å²) in [5.41, 5.74) is 5.00. The van der Waals surface area contributed by atoms with E-state index in [2.05, 4.69) is 67.5 Å². The van der Waals surface area contributed by atoms with Crippen molar-refractivity contribution in [1.29, 1.82) is 0 Å². The lowest BCUT2D eigenvalue weighted by Gasteiger charge is -2.08. The molecule has 19 heavy (non-hydrogen) atoms. The highest BCUT2D eigenvalue weighted by atomic mass is 14.9. The van der Waals surface area contributed by atoms with Crippen molar-refractivity contribution in [3.63, 3.8) is 0 Å². The first-order valence-electron chi connectivity index (χ1n) is 6.86. The summed E-state index contributed by atoms with van der Waals surface area (Å²) in [6, 6.07) is 13.0. The van der Waals surface area contributed by atoms with Crippen LogP contribution in [0.4, 0.5) is 0 Å². The Balaban J connectivity index is 1.83. The molecule has 0 fully saturated rings. The molecule has 0 saturated heterocycles. The van der Waals surface area contributed by atoms with Crippen molar-refractivity contribution >= 4 is 0 Å². The molecule has 1 aromatic heterocycles. The number of pyridine rings is 1. The Hall–Kier alpha value is -1.67. The second kappa shape index (κ2) is 6.48. The Labute approximate surface area is 115 Å². The summed E-state index contributed by atoms with van der Waals surface area (Å²) in [6.45, 7) is 8.19. The van der Waals surface area contributed by atoms with Gasteiger partial charge in [-0.15, -0.1) is 0 Å². The van der Waals surface area contributed by atoms with E-state index in [9.17, 15) is 0 Å². The minimum absolute atomic E-state index is 0.596. The molecule has 0 radical (unpaired) electrons. The van der Waals surface area contributed by atoms with Crippen LogP contribution in [0.2, 0.25) is 0 Å². The van der Waals surface area contributed by atoms with Gasteiger partial charge in [-0.05, 0) is 35.6 Å². The normalized spacial score (nSPS) is 10.9. The van der Waals surface area contributed by atoms with Gasteiger partial charge in [-0.1, -0.05) is 44.2 Å². The minimum Gasteiger partial charge on any atom is -0.307 e. The van der Waals surface area contributed by atoms with Crippen LogP contribution < -0.4 is 5.32 Å². The van der Waals surface area contributed by atoms with Gasteiger partial charge in [0.2, 0.25) is 0 Å². The summed E-state index contributed by atoms with van der Waals surface area (Å²) < 4.78 is 0. The van der Waals surface area contributed by atoms with Crippen LogP contribution >= 0.6 is 0 Å². The van der Waals surface area contributed by atoms with Gasteiger partial charge < -0.3 is 5.32 Å². The molecule has 0 spiro atoms. The molecule has 0 aliphatic carbocycles. The minimum atomic E-state index is 0.596. The first kappa shape index (κ1) is 13.8. The van der Waals surface area contributed by atoms with Gasteiger partial charge in [0, 0.05) is 19.3 Å². The van der Waals surface area contributed by atoms with E-state index >= 15 is 0 Å². The molecule has 2 rings (SSSR count). The molecule has 0 atom stereocenters. The Bertz CT molecular complexity index is 498. The van der Waals surface area contributed by atoms with Gasteiger partial charge >= 0.3 is 0 Å². The lowest BCUT2D eigenvalue weighted by Crippen LogP contribution is -2.13. The topological polar surface area (TPSA) is 24.9 Å². The van der Waals surface area contributed by atoms with Crippen LogP contribution in [0.25, 0.3) is 0 Å². The molecule has 1 N–H and O–H groups in total. The Morgan fingerprint density at radius 3 is 2.32 bits per heavy atom. The number of hydrogen-bond acceptors (Lipinski definition) is 2. The van der Waals surface area contributed by atoms with Crippen molar-refractivity contribution in [3.8, 4) is 0 Å². The highest BCUT2D eigenvalue weighted by molar-refractivity contribution is 5.24. The number of rotatable bonds is 5. The third-order valence-electron chi connectivity index (χ3n) is 3.25. The fraction of sp³-hybridized carbons (Fsp3) is 0.353. The van der Waals surface area contributed by atoms with Crippen molar-refractivity contribution < 1.29 is 0 Å². The summed E-state index contributed by atoms with van der Waals surface area (Å²) >= 11 is 0. The molecule has 1 heterocycles. The van der Waals surface area contributed by atoms with Crippen LogP contribution in [0.15, 0.2) is 42.6 Å². The average Bonchev–Trinajstić information content (AvgIpc) is 2.41. The monoisotopic (exact) mass is 254 g/mol. The van der Waals surface area contributed by atoms with Gasteiger partial charge in [-0.2, -0.15) is 0 Å². The van der Waals surface area contributed by atoms with Gasteiger partial charge in [0.25, 0.3) is 0 Å². The molecule has 0 bridgehead atoms. The Morgan fingerprint density at radius 1 is 1.00 bits per heavy atom. The van der Waals surface area contributed by atoms with Crippen LogP contribution in [0.3, 0.4) is 0 Å². The van der Waals surface area contributed by atoms with Crippen LogP contribution in [0.5, 0.6) is 0 Å². The van der Waals surface area contributed by atoms with Crippen molar-refractivity contribution in [3.05, 3.63) is 65.0 Å². The smallest absolute Gasteiger partial charge is 0.0541 e. The average molecular weight is 254 g/mol. The van der Waals surface area contributed by atoms with E-state index < -0.39 is 0 Å². The van der Waals surface area contributed by atoms with Crippen LogP contribution in [-0.4, -0.2) is 4.98 Å². The maximum absolute atomic E-state index is 4.38. The first-order valence-corrected chi connectivity index (χ1v) is 6.86. The molecule has 0 aliphatic rings. The van der Waals surface area contributed by atoms with Crippen LogP contribution in [-0.2, 0) is 13.1 Å². The number of nitrogens with one attached hydrogen (secondary N) is 1. The van der Waals surface area contributed by atoms with Gasteiger partial charge in [-0.25, -0.2) is 0 Å². The fourth-order valence-electron chi connectivity index (χ4n) is 1.96. The molecule has 0 amide bonds. The van der Waals surface area contributed by atoms with Gasteiger partial charge in [-0.3, -0.25) is 4.98 Å². The maximum Gasteiger partial charge on any atom is 0.0541 e. The molecule has 0 unspecified atom stereocenters. The van der Waals surface area contributed by atoms with Crippen molar-refractivity contribution in [1.82, 2.24) is 10.3 Å². The van der Waals surface area contributed by atoms with E-state index in [0.717, 1.165) is 18.8 Å². The Morgan fingerprint density at radius 2 is 1.74 bits per heavy atom. The van der Waals surface area contributed by atoms with Crippen molar-refractivity contribution in [2.75, 3.05) is 0 Å². The second-order valence-electron chi connectivity index (χ2n) is 5.33. The van der Waals surface area contributed by atoms with E-state index in [1.54, 1.807) is 0 Å². The fourth-order valence-corrected chi connectivity index (χ4v) is 1.96. The largest absolute Gasteiger partial charge is 0.307 e. The number of benzene rings is 1. The quantitative estimate of drug-likeness (QED) is 0.877. The first-order chi connectivity index (χ1) is 9.15. The molecule has 2 heteroatoms. The van der Waals surface area contributed by atoms with Crippen molar-refractivity contribution in [2.45, 2.75) is 39.8 Å². The van der Waals surface area contributed by atoms with E-state index in [1.807, 2.05) is 6.20 Å². The number of nitrogens with zero attached hydrogens (tertiary/aromatic N) is 1. The van der Waals surface area contributed by atoms with Gasteiger partial charge in [0.1, 0.15) is 0 Å². The lowest BCUT2D eigenvalue weighted by atomic mass is 10.0. The van der Waals surface area contributed by atoms with E-state index in [-0.39, 0.29) is 0 Å². The second-order valence-corrected chi connectivity index (χ2v) is 5.33. The van der Waals surface area contributed by atoms with Crippen LogP contribution in [0.1, 0.15) is 42.1 Å². The lowest BCUT2D eigenvalue weighted by molar-refractivity contribution is 0.679. The van der Waals surface area contributed by atoms with Gasteiger partial charge in [0.05, 0.1) is 5.69 Å². The zero-order chi connectivity index (χ0) is 13.7. The summed E-state index contributed by atoms with van der Waals surface area (Å²) in [4.78, 5) is 4.38. The number of aromatic nitrogens is 1. The summed E-state index contributed by atoms with van der Waals surface area (Å²) in [5.74, 6) is 0.596. The van der Waals surface area contributed by atoms with E-state index in [0.29, 0.717) is 5.92 Å². The SMILES string of the molecule is Cc1ccc(CNCc2ccc(C(C)C)cc2)nc1. The molecule has 100 valence electrons. The Kier molecular flexibility index (Phi) is 4.69. The third kappa shape index (κ3) is 4.18. The zero-order valence-electron chi connectivity index (χ0n) is 12.0. The summed E-state index contributed by atoms with van der Waals surface area (Å²) in [5, 5.41) is 3.42. The summed E-state index contributed by atoms with van der Waals surface area (Å²) in [7, 11) is 0. The molecular formula is C17H22N2. The van der Waals surface area contributed by atoms with E-state index in [1.165, 1.54) is 16.7 Å². The summed E-state index contributed by atoms with van der Waals surface area (Å²) in [6.07, 6.45) is 1.91. The third-order valence-corrected chi connectivity index (χ3v) is 3.25. The molecule has 2 aromatic rings.